The third-order valence-corrected chi connectivity index (χ3v) is 8.57. The highest BCUT2D eigenvalue weighted by Gasteiger charge is 2.21. The summed E-state index contributed by atoms with van der Waals surface area (Å²) in [6.07, 6.45) is 20.2. The van der Waals surface area contributed by atoms with E-state index in [1.54, 1.807) is 0 Å². The lowest BCUT2D eigenvalue weighted by Crippen LogP contribution is -2.45. The fourth-order valence-electron chi connectivity index (χ4n) is 4.44. The summed E-state index contributed by atoms with van der Waals surface area (Å²) in [6.45, 7) is 10.4. The van der Waals surface area contributed by atoms with Gasteiger partial charge in [0.25, 0.3) is 7.82 Å². The molecule has 9 heteroatoms. The molecular formula is C30H62NO7P. The topological polar surface area (TPSA) is 94.1 Å². The van der Waals surface area contributed by atoms with Crippen LogP contribution in [-0.4, -0.2) is 69.7 Å². The Bertz CT molecular complexity index is 616. The molecule has 1 unspecified atom stereocenters. The number of hydrogen-bond donors (Lipinski definition) is 0. The molecular weight excluding hydrogens is 517 g/mol. The Labute approximate surface area is 240 Å². The van der Waals surface area contributed by atoms with Gasteiger partial charge in [0.15, 0.2) is 0 Å². The van der Waals surface area contributed by atoms with Gasteiger partial charge in [-0.15, -0.1) is 0 Å². The van der Waals surface area contributed by atoms with Crippen LogP contribution in [0.15, 0.2) is 0 Å². The Hall–Kier alpha value is -0.500. The average molecular weight is 580 g/mol. The van der Waals surface area contributed by atoms with E-state index in [9.17, 15) is 14.3 Å². The number of rotatable bonds is 29. The summed E-state index contributed by atoms with van der Waals surface area (Å²) < 4.78 is 33.6. The van der Waals surface area contributed by atoms with Crippen molar-refractivity contribution in [1.82, 2.24) is 0 Å². The van der Waals surface area contributed by atoms with E-state index in [4.69, 9.17) is 18.5 Å². The number of phosphoric ester groups is 1. The van der Waals surface area contributed by atoms with Crippen LogP contribution in [0, 0.1) is 0 Å². The van der Waals surface area contributed by atoms with E-state index in [1.165, 1.54) is 96.8 Å². The van der Waals surface area contributed by atoms with Crippen molar-refractivity contribution in [3.8, 4) is 0 Å². The van der Waals surface area contributed by atoms with Crippen molar-refractivity contribution in [2.45, 2.75) is 137 Å². The van der Waals surface area contributed by atoms with Crippen molar-refractivity contribution >= 4 is 13.8 Å². The van der Waals surface area contributed by atoms with Gasteiger partial charge in [-0.2, -0.15) is 0 Å². The maximum atomic E-state index is 12.1. The van der Waals surface area contributed by atoms with Crippen LogP contribution in [0.4, 0.5) is 0 Å². The van der Waals surface area contributed by atoms with Crippen molar-refractivity contribution in [1.29, 1.82) is 0 Å². The monoisotopic (exact) mass is 579 g/mol. The Morgan fingerprint density at radius 3 is 1.62 bits per heavy atom. The van der Waals surface area contributed by atoms with Gasteiger partial charge in [-0.1, -0.05) is 103 Å². The van der Waals surface area contributed by atoms with Crippen molar-refractivity contribution in [2.24, 2.45) is 0 Å². The number of carbonyl (C=O) groups excluding carboxylic acids is 1. The minimum Gasteiger partial charge on any atom is -0.756 e. The van der Waals surface area contributed by atoms with Crippen molar-refractivity contribution in [2.75, 3.05) is 53.1 Å². The fraction of sp³-hybridized carbons (Fsp3) is 0.967. The molecule has 0 aliphatic heterocycles. The maximum Gasteiger partial charge on any atom is 0.303 e. The molecule has 0 rings (SSSR count). The minimum atomic E-state index is -4.48. The lowest BCUT2D eigenvalue weighted by atomic mass is 10.0. The number of carbonyl (C=O) groups is 1. The first-order valence-corrected chi connectivity index (χ1v) is 17.3. The Morgan fingerprint density at radius 1 is 0.718 bits per heavy atom. The van der Waals surface area contributed by atoms with Crippen molar-refractivity contribution in [3.05, 3.63) is 0 Å². The second-order valence-corrected chi connectivity index (χ2v) is 12.6. The third kappa shape index (κ3) is 25.0. The number of esters is 1. The molecule has 0 saturated carbocycles. The molecule has 0 bridgehead atoms. The molecule has 0 aromatic carbocycles. The lowest BCUT2D eigenvalue weighted by molar-refractivity contribution is -0.906. The van der Waals surface area contributed by atoms with E-state index in [0.717, 1.165) is 25.9 Å². The van der Waals surface area contributed by atoms with E-state index in [-0.39, 0.29) is 19.8 Å². The first kappa shape index (κ1) is 38.5. The summed E-state index contributed by atoms with van der Waals surface area (Å²) in [4.78, 5) is 23.5. The predicted octanol–water partition coefficient (Wildman–Crippen LogP) is 7.18. The normalized spacial score (nSPS) is 14.3. The summed E-state index contributed by atoms with van der Waals surface area (Å²) in [5, 5.41) is 0. The molecule has 0 amide bonds. The molecule has 0 aromatic heterocycles. The van der Waals surface area contributed by atoms with Gasteiger partial charge >= 0.3 is 5.97 Å². The van der Waals surface area contributed by atoms with Crippen molar-refractivity contribution in [3.63, 3.8) is 0 Å². The van der Waals surface area contributed by atoms with Crippen molar-refractivity contribution < 1.29 is 37.3 Å². The minimum absolute atomic E-state index is 0.0486. The van der Waals surface area contributed by atoms with E-state index < -0.39 is 19.9 Å². The summed E-state index contributed by atoms with van der Waals surface area (Å²) in [5.41, 5.74) is 0. The number of phosphoric acid groups is 1. The highest BCUT2D eigenvalue weighted by atomic mass is 31.2. The smallest absolute Gasteiger partial charge is 0.303 e. The zero-order valence-corrected chi connectivity index (χ0v) is 27.0. The number of unbranched alkanes of at least 4 members (excludes halogenated alkanes) is 15. The summed E-state index contributed by atoms with van der Waals surface area (Å²) >= 11 is 0. The molecule has 0 aliphatic carbocycles. The van der Waals surface area contributed by atoms with Gasteiger partial charge in [0, 0.05) is 13.5 Å². The maximum absolute atomic E-state index is 12.1. The molecule has 8 nitrogen and oxygen atoms in total. The van der Waals surface area contributed by atoms with Gasteiger partial charge in [-0.05, 0) is 20.3 Å². The molecule has 0 aromatic rings. The molecule has 2 atom stereocenters. The second-order valence-electron chi connectivity index (χ2n) is 11.2. The first-order chi connectivity index (χ1) is 18.7. The third-order valence-electron chi connectivity index (χ3n) is 7.60. The molecule has 0 radical (unpaired) electrons. The van der Waals surface area contributed by atoms with E-state index in [2.05, 4.69) is 20.8 Å². The lowest BCUT2D eigenvalue weighted by Gasteiger charge is -2.33. The average Bonchev–Trinajstić information content (AvgIpc) is 2.90. The molecule has 0 spiro atoms. The molecule has 0 fully saturated rings. The van der Waals surface area contributed by atoms with Crippen LogP contribution in [-0.2, 0) is 27.9 Å². The van der Waals surface area contributed by atoms with Crippen LogP contribution < -0.4 is 4.89 Å². The van der Waals surface area contributed by atoms with Gasteiger partial charge in [0.2, 0.25) is 0 Å². The van der Waals surface area contributed by atoms with Gasteiger partial charge in [0.1, 0.15) is 19.3 Å². The molecule has 234 valence electrons. The van der Waals surface area contributed by atoms with Gasteiger partial charge in [-0.3, -0.25) is 9.36 Å². The van der Waals surface area contributed by atoms with Crippen LogP contribution in [0.25, 0.3) is 0 Å². The summed E-state index contributed by atoms with van der Waals surface area (Å²) in [6, 6.07) is 0. The van der Waals surface area contributed by atoms with E-state index in [0.29, 0.717) is 17.6 Å². The summed E-state index contributed by atoms with van der Waals surface area (Å²) in [7, 11) is -2.43. The van der Waals surface area contributed by atoms with Crippen LogP contribution in [0.3, 0.4) is 0 Å². The summed E-state index contributed by atoms with van der Waals surface area (Å²) in [5.74, 6) is -0.504. The molecule has 39 heavy (non-hydrogen) atoms. The Morgan fingerprint density at radius 2 is 1.18 bits per heavy atom. The van der Waals surface area contributed by atoms with Crippen LogP contribution in [0.5, 0.6) is 0 Å². The number of nitrogens with zero attached hydrogens (tertiary/aromatic N) is 1. The second kappa shape index (κ2) is 25.2. The standard InChI is InChI=1S/C30H62NO7P/c1-6-9-10-11-12-13-14-15-16-17-18-19-20-21-22-23-25-35-27-30(38-29(4)32)28-37-39(33,34)36-26-24-31(5,7-2)8-3/h30H,6-28H2,1-5H3/t30-/m0/s1. The zero-order chi connectivity index (χ0) is 29.2. The SMILES string of the molecule is CCCCCCCCCCCCCCCCCCOC[C@@H](COP(=O)([O-])OCC[N+](C)(CC)CC)OC(C)=O. The predicted molar refractivity (Wildman–Crippen MR) is 158 cm³/mol. The van der Waals surface area contributed by atoms with Gasteiger partial charge in [0.05, 0.1) is 33.4 Å². The van der Waals surface area contributed by atoms with E-state index >= 15 is 0 Å². The molecule has 0 heterocycles. The number of hydrogen-bond acceptors (Lipinski definition) is 7. The molecule has 0 saturated heterocycles. The molecule has 0 aliphatic rings. The highest BCUT2D eigenvalue weighted by Crippen LogP contribution is 2.38. The first-order valence-electron chi connectivity index (χ1n) is 15.9. The van der Waals surface area contributed by atoms with Crippen LogP contribution in [0.1, 0.15) is 130 Å². The van der Waals surface area contributed by atoms with Gasteiger partial charge in [-0.25, -0.2) is 0 Å². The zero-order valence-electron chi connectivity index (χ0n) is 26.1. The number of ether oxygens (including phenoxy) is 2. The molecule has 0 N–H and O–H groups in total. The number of likely N-dealkylation sites (N-methyl/N-ethyl adjacent to an activating group) is 1. The van der Waals surface area contributed by atoms with Gasteiger partial charge < -0.3 is 27.9 Å². The highest BCUT2D eigenvalue weighted by molar-refractivity contribution is 7.45. The van der Waals surface area contributed by atoms with Crippen LogP contribution >= 0.6 is 7.82 Å². The number of quaternary nitrogens is 1. The van der Waals surface area contributed by atoms with E-state index in [1.807, 2.05) is 7.05 Å². The fourth-order valence-corrected chi connectivity index (χ4v) is 5.17. The Balaban J connectivity index is 3.81. The quantitative estimate of drug-likeness (QED) is 0.0401. The Kier molecular flexibility index (Phi) is 24.9. The van der Waals surface area contributed by atoms with Crippen LogP contribution in [0.2, 0.25) is 0 Å². The largest absolute Gasteiger partial charge is 0.756 e.